The Bertz CT molecular complexity index is 566. The second-order valence-electron chi connectivity index (χ2n) is 4.75. The number of hydrogen-bond donors (Lipinski definition) is 2. The first-order valence-electron chi connectivity index (χ1n) is 6.60. The molecule has 0 aliphatic rings. The van der Waals surface area contributed by atoms with Crippen molar-refractivity contribution >= 4 is 5.69 Å². The van der Waals surface area contributed by atoms with E-state index in [1.165, 1.54) is 0 Å². The largest absolute Gasteiger partial charge is 0.508 e. The summed E-state index contributed by atoms with van der Waals surface area (Å²) in [6.45, 7) is 6.07. The third kappa shape index (κ3) is 3.05. The predicted molar refractivity (Wildman–Crippen MR) is 78.5 cm³/mol. The number of para-hydroxylation sites is 1. The van der Waals surface area contributed by atoms with Crippen LogP contribution in [0.5, 0.6) is 5.75 Å². The Kier molecular flexibility index (Phi) is 4.05. The average Bonchev–Trinajstić information content (AvgIpc) is 2.39. The Morgan fingerprint density at radius 1 is 1.16 bits per heavy atom. The molecule has 0 bridgehead atoms. The van der Waals surface area contributed by atoms with Crippen molar-refractivity contribution in [3.05, 3.63) is 53.3 Å². The molecule has 1 aromatic carbocycles. The normalized spacial score (nSPS) is 12.2. The minimum absolute atomic E-state index is 0.0874. The van der Waals surface area contributed by atoms with Crippen molar-refractivity contribution in [2.75, 3.05) is 5.32 Å². The summed E-state index contributed by atoms with van der Waals surface area (Å²) < 4.78 is 0. The number of anilines is 1. The highest BCUT2D eigenvalue weighted by Crippen LogP contribution is 2.29. The van der Waals surface area contributed by atoms with Gasteiger partial charge in [-0.2, -0.15) is 0 Å². The third-order valence-electron chi connectivity index (χ3n) is 3.28. The molecule has 1 heterocycles. The lowest BCUT2D eigenvalue weighted by Crippen LogP contribution is -2.11. The Morgan fingerprint density at radius 2 is 1.89 bits per heavy atom. The molecule has 100 valence electrons. The van der Waals surface area contributed by atoms with Gasteiger partial charge in [0.15, 0.2) is 0 Å². The van der Waals surface area contributed by atoms with Gasteiger partial charge in [-0.15, -0.1) is 0 Å². The zero-order valence-corrected chi connectivity index (χ0v) is 11.6. The lowest BCUT2D eigenvalue weighted by Gasteiger charge is -2.20. The lowest BCUT2D eigenvalue weighted by molar-refractivity contribution is 0.462. The number of aromatic nitrogens is 1. The summed E-state index contributed by atoms with van der Waals surface area (Å²) in [6, 6.07) is 11.6. The van der Waals surface area contributed by atoms with E-state index in [4.69, 9.17) is 0 Å². The minimum atomic E-state index is 0.0874. The van der Waals surface area contributed by atoms with E-state index in [9.17, 15) is 5.11 Å². The van der Waals surface area contributed by atoms with Crippen molar-refractivity contribution in [2.24, 2.45) is 0 Å². The van der Waals surface area contributed by atoms with Gasteiger partial charge in [0.1, 0.15) is 5.75 Å². The summed E-state index contributed by atoms with van der Waals surface area (Å²) in [5, 5.41) is 13.4. The first-order valence-corrected chi connectivity index (χ1v) is 6.60. The summed E-state index contributed by atoms with van der Waals surface area (Å²) in [4.78, 5) is 4.45. The molecule has 19 heavy (non-hydrogen) atoms. The maximum Gasteiger partial charge on any atom is 0.120 e. The molecular formula is C16H20N2O. The van der Waals surface area contributed by atoms with Gasteiger partial charge in [0.25, 0.3) is 0 Å². The maximum atomic E-state index is 9.95. The number of nitrogens with one attached hydrogen (secondary N) is 1. The van der Waals surface area contributed by atoms with Crippen molar-refractivity contribution in [1.82, 2.24) is 4.98 Å². The summed E-state index contributed by atoms with van der Waals surface area (Å²) in [7, 11) is 0. The number of hydrogen-bond acceptors (Lipinski definition) is 3. The Balaban J connectivity index is 2.27. The highest BCUT2D eigenvalue weighted by Gasteiger charge is 2.14. The van der Waals surface area contributed by atoms with Crippen LogP contribution < -0.4 is 5.32 Å². The molecule has 0 saturated carbocycles. The number of pyridine rings is 1. The molecule has 2 rings (SSSR count). The molecule has 3 nitrogen and oxygen atoms in total. The van der Waals surface area contributed by atoms with Gasteiger partial charge in [-0.1, -0.05) is 25.1 Å². The monoisotopic (exact) mass is 256 g/mol. The van der Waals surface area contributed by atoms with Crippen LogP contribution in [-0.4, -0.2) is 10.1 Å². The van der Waals surface area contributed by atoms with Crippen LogP contribution in [0, 0.1) is 13.8 Å². The van der Waals surface area contributed by atoms with E-state index < -0.39 is 0 Å². The standard InChI is InChI=1S/C16H20N2O/c1-4-14(13-7-5-6-8-16(13)19)18-15-10-9-11(2)17-12(15)3/h5-10,14,18-19H,4H2,1-3H3. The van der Waals surface area contributed by atoms with E-state index in [1.807, 2.05) is 44.2 Å². The summed E-state index contributed by atoms with van der Waals surface area (Å²) in [5.41, 5.74) is 3.93. The van der Waals surface area contributed by atoms with Gasteiger partial charge in [-0.05, 0) is 38.5 Å². The van der Waals surface area contributed by atoms with Gasteiger partial charge in [-0.3, -0.25) is 4.98 Å². The first-order chi connectivity index (χ1) is 9.11. The van der Waals surface area contributed by atoms with Crippen molar-refractivity contribution in [1.29, 1.82) is 0 Å². The van der Waals surface area contributed by atoms with Crippen molar-refractivity contribution in [3.63, 3.8) is 0 Å². The quantitative estimate of drug-likeness (QED) is 0.870. The van der Waals surface area contributed by atoms with Gasteiger partial charge < -0.3 is 10.4 Å². The number of rotatable bonds is 4. The third-order valence-corrected chi connectivity index (χ3v) is 3.28. The molecule has 0 spiro atoms. The van der Waals surface area contributed by atoms with Gasteiger partial charge in [-0.25, -0.2) is 0 Å². The zero-order valence-electron chi connectivity index (χ0n) is 11.6. The van der Waals surface area contributed by atoms with E-state index in [0.29, 0.717) is 5.75 Å². The van der Waals surface area contributed by atoms with Crippen LogP contribution in [0.25, 0.3) is 0 Å². The fourth-order valence-electron chi connectivity index (χ4n) is 2.21. The smallest absolute Gasteiger partial charge is 0.120 e. The zero-order chi connectivity index (χ0) is 13.8. The summed E-state index contributed by atoms with van der Waals surface area (Å²) >= 11 is 0. The molecule has 0 aliphatic carbocycles. The van der Waals surface area contributed by atoms with Crippen molar-refractivity contribution in [3.8, 4) is 5.75 Å². The van der Waals surface area contributed by atoms with Gasteiger partial charge >= 0.3 is 0 Å². The van der Waals surface area contributed by atoms with Crippen LogP contribution in [0.15, 0.2) is 36.4 Å². The number of aryl methyl sites for hydroxylation is 2. The number of phenolic OH excluding ortho intramolecular Hbond substituents is 1. The Hall–Kier alpha value is -2.03. The van der Waals surface area contributed by atoms with E-state index in [0.717, 1.165) is 29.1 Å². The number of aromatic hydroxyl groups is 1. The molecule has 0 saturated heterocycles. The SMILES string of the molecule is CCC(Nc1ccc(C)nc1C)c1ccccc1O. The molecular weight excluding hydrogens is 236 g/mol. The topological polar surface area (TPSA) is 45.2 Å². The van der Waals surface area contributed by atoms with E-state index >= 15 is 0 Å². The second-order valence-corrected chi connectivity index (χ2v) is 4.75. The Labute approximate surface area is 114 Å². The second kappa shape index (κ2) is 5.74. The number of nitrogens with zero attached hydrogens (tertiary/aromatic N) is 1. The highest BCUT2D eigenvalue weighted by atomic mass is 16.3. The van der Waals surface area contributed by atoms with Crippen LogP contribution in [0.4, 0.5) is 5.69 Å². The molecule has 1 atom stereocenters. The molecule has 0 amide bonds. The van der Waals surface area contributed by atoms with E-state index in [2.05, 4.69) is 17.2 Å². The molecule has 0 aliphatic heterocycles. The van der Waals surface area contributed by atoms with E-state index in [-0.39, 0.29) is 6.04 Å². The highest BCUT2D eigenvalue weighted by molar-refractivity contribution is 5.51. The molecule has 0 fully saturated rings. The first kappa shape index (κ1) is 13.4. The van der Waals surface area contributed by atoms with Crippen LogP contribution in [0.3, 0.4) is 0 Å². The maximum absolute atomic E-state index is 9.95. The summed E-state index contributed by atoms with van der Waals surface area (Å²) in [5.74, 6) is 0.333. The molecule has 2 N–H and O–H groups in total. The average molecular weight is 256 g/mol. The fourth-order valence-corrected chi connectivity index (χ4v) is 2.21. The minimum Gasteiger partial charge on any atom is -0.508 e. The van der Waals surface area contributed by atoms with Gasteiger partial charge in [0, 0.05) is 11.3 Å². The fraction of sp³-hybridized carbons (Fsp3) is 0.312. The Morgan fingerprint density at radius 3 is 2.53 bits per heavy atom. The van der Waals surface area contributed by atoms with Crippen LogP contribution in [-0.2, 0) is 0 Å². The van der Waals surface area contributed by atoms with Crippen molar-refractivity contribution < 1.29 is 5.11 Å². The van der Waals surface area contributed by atoms with Crippen LogP contribution in [0.2, 0.25) is 0 Å². The van der Waals surface area contributed by atoms with E-state index in [1.54, 1.807) is 6.07 Å². The molecule has 1 unspecified atom stereocenters. The van der Waals surface area contributed by atoms with Gasteiger partial charge in [0.05, 0.1) is 17.4 Å². The van der Waals surface area contributed by atoms with Crippen molar-refractivity contribution in [2.45, 2.75) is 33.2 Å². The predicted octanol–water partition coefficient (Wildman–Crippen LogP) is 3.97. The number of phenols is 1. The lowest BCUT2D eigenvalue weighted by atomic mass is 10.0. The summed E-state index contributed by atoms with van der Waals surface area (Å²) in [6.07, 6.45) is 0.894. The van der Waals surface area contributed by atoms with Crippen LogP contribution in [0.1, 0.15) is 36.3 Å². The molecule has 0 radical (unpaired) electrons. The van der Waals surface area contributed by atoms with Gasteiger partial charge in [0.2, 0.25) is 0 Å². The molecule has 2 aromatic rings. The number of benzene rings is 1. The molecule has 1 aromatic heterocycles. The molecule has 3 heteroatoms. The van der Waals surface area contributed by atoms with Crippen LogP contribution >= 0.6 is 0 Å².